The van der Waals surface area contributed by atoms with Gasteiger partial charge in [-0.2, -0.15) is 0 Å². The number of benzene rings is 2. The lowest BCUT2D eigenvalue weighted by Gasteiger charge is -2.23. The Morgan fingerprint density at radius 2 is 1.85 bits per heavy atom. The van der Waals surface area contributed by atoms with Gasteiger partial charge in [-0.05, 0) is 61.7 Å². The fourth-order valence-corrected chi connectivity index (χ4v) is 4.00. The molecule has 34 heavy (non-hydrogen) atoms. The van der Waals surface area contributed by atoms with Gasteiger partial charge >= 0.3 is 5.91 Å². The molecule has 8 heteroatoms. The summed E-state index contributed by atoms with van der Waals surface area (Å²) in [6.45, 7) is 6.12. The second kappa shape index (κ2) is 9.43. The number of carbonyl (C=O) groups is 2. The van der Waals surface area contributed by atoms with Crippen LogP contribution >= 0.6 is 0 Å². The van der Waals surface area contributed by atoms with Crippen LogP contribution in [0.4, 0.5) is 5.82 Å². The third-order valence-corrected chi connectivity index (χ3v) is 5.64. The largest absolute Gasteiger partial charge is 0.507 e. The molecule has 2 heterocycles. The summed E-state index contributed by atoms with van der Waals surface area (Å²) in [5.74, 6) is 0.132. The zero-order valence-corrected chi connectivity index (χ0v) is 19.5. The molecule has 1 N–H and O–H groups in total. The van der Waals surface area contributed by atoms with Crippen molar-refractivity contribution in [3.05, 3.63) is 76.6 Å². The number of ether oxygens (including phenoxy) is 2. The smallest absolute Gasteiger partial charge is 0.301 e. The molecule has 4 rings (SSSR count). The Morgan fingerprint density at radius 1 is 1.12 bits per heavy atom. The molecule has 1 fully saturated rings. The van der Waals surface area contributed by atoms with Crippen molar-refractivity contribution in [2.75, 3.05) is 18.6 Å². The van der Waals surface area contributed by atoms with E-state index in [1.807, 2.05) is 13.8 Å². The minimum absolute atomic E-state index is 0.0301. The van der Waals surface area contributed by atoms with Crippen LogP contribution in [0, 0.1) is 13.8 Å². The minimum atomic E-state index is -0.896. The van der Waals surface area contributed by atoms with Crippen LogP contribution in [-0.4, -0.2) is 35.7 Å². The number of hydrogen-bond donors (Lipinski definition) is 1. The van der Waals surface area contributed by atoms with Crippen LogP contribution < -0.4 is 14.4 Å². The van der Waals surface area contributed by atoms with Gasteiger partial charge in [-0.1, -0.05) is 24.2 Å². The highest BCUT2D eigenvalue weighted by Gasteiger charge is 2.48. The maximum atomic E-state index is 13.2. The van der Waals surface area contributed by atoms with Gasteiger partial charge in [0.25, 0.3) is 5.78 Å². The molecule has 1 aliphatic rings. The zero-order valence-electron chi connectivity index (χ0n) is 19.5. The minimum Gasteiger partial charge on any atom is -0.507 e. The van der Waals surface area contributed by atoms with E-state index in [1.165, 1.54) is 4.90 Å². The van der Waals surface area contributed by atoms with Gasteiger partial charge in [0.05, 0.1) is 25.3 Å². The predicted octanol–water partition coefficient (Wildman–Crippen LogP) is 4.72. The van der Waals surface area contributed by atoms with Gasteiger partial charge in [-0.3, -0.25) is 14.5 Å². The van der Waals surface area contributed by atoms with Gasteiger partial charge in [0.2, 0.25) is 0 Å². The highest BCUT2D eigenvalue weighted by molar-refractivity contribution is 6.51. The van der Waals surface area contributed by atoms with Crippen LogP contribution in [0.2, 0.25) is 0 Å². The highest BCUT2D eigenvalue weighted by atomic mass is 16.5. The standard InChI is InChI=1S/C26H26N2O6/c1-5-12-33-19-9-6-17(7-10-19)23-22(24(29)18-8-11-20(32-4)15(2)13-18)25(30)26(31)28(23)21-14-16(3)34-27-21/h6-11,13-14,23,29H,5,12H2,1-4H3/b24-22+. The number of aliphatic hydroxyl groups is 1. The monoisotopic (exact) mass is 462 g/mol. The number of aliphatic hydroxyl groups excluding tert-OH is 1. The Labute approximate surface area is 197 Å². The maximum absolute atomic E-state index is 13.2. The van der Waals surface area contributed by atoms with Crippen molar-refractivity contribution >= 4 is 23.3 Å². The van der Waals surface area contributed by atoms with Crippen molar-refractivity contribution in [3.63, 3.8) is 0 Å². The van der Waals surface area contributed by atoms with Crippen LogP contribution in [0.1, 0.15) is 41.8 Å². The van der Waals surface area contributed by atoms with E-state index >= 15 is 0 Å². The first-order valence-corrected chi connectivity index (χ1v) is 11.0. The summed E-state index contributed by atoms with van der Waals surface area (Å²) in [7, 11) is 1.56. The van der Waals surface area contributed by atoms with E-state index in [-0.39, 0.29) is 17.2 Å². The SMILES string of the molecule is CCCOc1ccc(C2/C(=C(\O)c3ccc(OC)c(C)c3)C(=O)C(=O)N2c2cc(C)on2)cc1. The maximum Gasteiger partial charge on any atom is 0.301 e. The first-order chi connectivity index (χ1) is 16.3. The second-order valence-electron chi connectivity index (χ2n) is 8.07. The van der Waals surface area contributed by atoms with E-state index in [2.05, 4.69) is 5.16 Å². The number of carbonyl (C=O) groups excluding carboxylic acids is 2. The number of amides is 1. The van der Waals surface area contributed by atoms with Crippen molar-refractivity contribution in [1.82, 2.24) is 5.16 Å². The number of ketones is 1. The van der Waals surface area contributed by atoms with Crippen molar-refractivity contribution in [3.8, 4) is 11.5 Å². The molecule has 2 aromatic carbocycles. The Hall–Kier alpha value is -4.07. The first kappa shape index (κ1) is 23.1. The Morgan fingerprint density at radius 3 is 2.44 bits per heavy atom. The third kappa shape index (κ3) is 4.14. The number of anilines is 1. The van der Waals surface area contributed by atoms with Gasteiger partial charge in [-0.25, -0.2) is 0 Å². The van der Waals surface area contributed by atoms with Crippen LogP contribution in [-0.2, 0) is 9.59 Å². The average Bonchev–Trinajstić information content (AvgIpc) is 3.38. The molecule has 176 valence electrons. The molecule has 0 radical (unpaired) electrons. The van der Waals surface area contributed by atoms with E-state index in [0.29, 0.717) is 35.0 Å². The molecular formula is C26H26N2O6. The lowest BCUT2D eigenvalue weighted by molar-refractivity contribution is -0.132. The molecule has 1 saturated heterocycles. The normalized spacial score (nSPS) is 17.3. The molecule has 1 aliphatic heterocycles. The Balaban J connectivity index is 1.86. The van der Waals surface area contributed by atoms with Crippen LogP contribution in [0.25, 0.3) is 5.76 Å². The second-order valence-corrected chi connectivity index (χ2v) is 8.07. The molecule has 8 nitrogen and oxygen atoms in total. The molecule has 3 aromatic rings. The zero-order chi connectivity index (χ0) is 24.4. The Kier molecular flexibility index (Phi) is 6.40. The van der Waals surface area contributed by atoms with Gasteiger partial charge in [-0.15, -0.1) is 0 Å². The summed E-state index contributed by atoms with van der Waals surface area (Å²) in [4.78, 5) is 27.6. The van der Waals surface area contributed by atoms with Crippen molar-refractivity contribution in [1.29, 1.82) is 0 Å². The number of aryl methyl sites for hydroxylation is 2. The molecule has 1 atom stereocenters. The summed E-state index contributed by atoms with van der Waals surface area (Å²) in [5, 5.41) is 15.2. The molecule has 0 bridgehead atoms. The van der Waals surface area contributed by atoms with Crippen molar-refractivity contribution in [2.45, 2.75) is 33.2 Å². The quantitative estimate of drug-likeness (QED) is 0.308. The molecular weight excluding hydrogens is 436 g/mol. The Bertz CT molecular complexity index is 1260. The fraction of sp³-hybridized carbons (Fsp3) is 0.269. The highest BCUT2D eigenvalue weighted by Crippen LogP contribution is 2.42. The molecule has 1 amide bonds. The molecule has 1 aromatic heterocycles. The molecule has 0 spiro atoms. The van der Waals surface area contributed by atoms with E-state index in [9.17, 15) is 14.7 Å². The van der Waals surface area contributed by atoms with Crippen LogP contribution in [0.5, 0.6) is 11.5 Å². The molecule has 0 aliphatic carbocycles. The summed E-state index contributed by atoms with van der Waals surface area (Å²) < 4.78 is 16.1. The number of methoxy groups -OCH3 is 1. The third-order valence-electron chi connectivity index (χ3n) is 5.64. The van der Waals surface area contributed by atoms with E-state index < -0.39 is 17.7 Å². The first-order valence-electron chi connectivity index (χ1n) is 11.0. The number of Topliss-reactive ketones (excluding diaryl/α,β-unsaturated/α-hetero) is 1. The van der Waals surface area contributed by atoms with E-state index in [0.717, 1.165) is 12.0 Å². The summed E-state index contributed by atoms with van der Waals surface area (Å²) in [6.07, 6.45) is 0.870. The fourth-order valence-electron chi connectivity index (χ4n) is 4.00. The summed E-state index contributed by atoms with van der Waals surface area (Å²) >= 11 is 0. The van der Waals surface area contributed by atoms with E-state index in [4.69, 9.17) is 14.0 Å². The van der Waals surface area contributed by atoms with Gasteiger partial charge in [0.1, 0.15) is 23.0 Å². The molecule has 1 unspecified atom stereocenters. The number of hydrogen-bond acceptors (Lipinski definition) is 7. The predicted molar refractivity (Wildman–Crippen MR) is 126 cm³/mol. The van der Waals surface area contributed by atoms with Gasteiger partial charge < -0.3 is 19.1 Å². The van der Waals surface area contributed by atoms with E-state index in [1.54, 1.807) is 62.6 Å². The average molecular weight is 463 g/mol. The topological polar surface area (TPSA) is 102 Å². The van der Waals surface area contributed by atoms with Crippen LogP contribution in [0.3, 0.4) is 0 Å². The number of rotatable bonds is 7. The van der Waals surface area contributed by atoms with Gasteiger partial charge in [0, 0.05) is 11.6 Å². The number of nitrogens with zero attached hydrogens (tertiary/aromatic N) is 2. The van der Waals surface area contributed by atoms with Gasteiger partial charge in [0.15, 0.2) is 5.82 Å². The summed E-state index contributed by atoms with van der Waals surface area (Å²) in [6, 6.07) is 12.8. The lowest BCUT2D eigenvalue weighted by Crippen LogP contribution is -2.29. The van der Waals surface area contributed by atoms with Crippen molar-refractivity contribution < 1.29 is 28.7 Å². The van der Waals surface area contributed by atoms with Crippen LogP contribution in [0.15, 0.2) is 58.6 Å². The van der Waals surface area contributed by atoms with Crippen molar-refractivity contribution in [2.24, 2.45) is 0 Å². The number of aromatic nitrogens is 1. The lowest BCUT2D eigenvalue weighted by atomic mass is 9.94. The molecule has 0 saturated carbocycles. The summed E-state index contributed by atoms with van der Waals surface area (Å²) in [5.41, 5.74) is 1.77.